The molecule has 1 aromatic heterocycles. The van der Waals surface area contributed by atoms with Gasteiger partial charge in [0.2, 0.25) is 0 Å². The highest BCUT2D eigenvalue weighted by atomic mass is 19.1. The first-order valence-electron chi connectivity index (χ1n) is 13.2. The maximum Gasteiger partial charge on any atom is 0.115 e. The number of allylic oxidation sites excluding steroid dienone is 2. The van der Waals surface area contributed by atoms with Gasteiger partial charge < -0.3 is 13.9 Å². The van der Waals surface area contributed by atoms with E-state index in [1.54, 1.807) is 16.6 Å². The number of halogens is 1. The first-order valence-corrected chi connectivity index (χ1v) is 13.2. The number of benzene rings is 3. The van der Waals surface area contributed by atoms with Crippen LogP contribution in [0, 0.1) is 6.92 Å². The first kappa shape index (κ1) is 23.0. The van der Waals surface area contributed by atoms with Crippen molar-refractivity contribution in [2.45, 2.75) is 39.5 Å². The Morgan fingerprint density at radius 3 is 2.24 bits per heavy atom. The van der Waals surface area contributed by atoms with Crippen LogP contribution in [0.4, 0.5) is 4.32 Å². The molecule has 0 spiro atoms. The molecule has 3 aromatic carbocycles. The zero-order valence-corrected chi connectivity index (χ0v) is 21.6. The monoisotopic (exact) mass is 497 g/mol. The number of phenols is 1. The van der Waals surface area contributed by atoms with Gasteiger partial charge in [-0.2, -0.15) is 0 Å². The fourth-order valence-electron chi connectivity index (χ4n) is 6.59. The summed E-state index contributed by atoms with van der Waals surface area (Å²) in [6.45, 7) is 4.25. The summed E-state index contributed by atoms with van der Waals surface area (Å²) in [5.41, 5.74) is 15.0. The summed E-state index contributed by atoms with van der Waals surface area (Å²) in [6.07, 6.45) is 3.73. The summed E-state index contributed by atoms with van der Waals surface area (Å²) in [6, 6.07) is 24.0. The molecule has 2 heterocycles. The third-order valence-electron chi connectivity index (χ3n) is 8.45. The number of aromatic hydroxyl groups is 1. The van der Waals surface area contributed by atoms with Gasteiger partial charge in [0.25, 0.3) is 0 Å². The molecule has 0 fully saturated rings. The van der Waals surface area contributed by atoms with Crippen LogP contribution in [0.5, 0.6) is 5.75 Å². The zero-order valence-electron chi connectivity index (χ0n) is 21.6. The molecule has 0 atom stereocenters. The van der Waals surface area contributed by atoms with E-state index in [1.165, 1.54) is 27.8 Å². The van der Waals surface area contributed by atoms with Gasteiger partial charge in [-0.1, -0.05) is 60.7 Å². The molecule has 4 aromatic rings. The van der Waals surface area contributed by atoms with Crippen LogP contribution in [0.2, 0.25) is 0 Å². The Hall–Kier alpha value is -4.12. The largest absolute Gasteiger partial charge is 0.570 e. The van der Waals surface area contributed by atoms with Gasteiger partial charge in [0.15, 0.2) is 0 Å². The molecule has 0 unspecified atom stereocenters. The average molecular weight is 497 g/mol. The number of aliphatic imine (C=N–C) groups is 1. The van der Waals surface area contributed by atoms with Crippen LogP contribution >= 0.6 is 0 Å². The van der Waals surface area contributed by atoms with E-state index in [9.17, 15) is 5.11 Å². The Morgan fingerprint density at radius 2 is 1.50 bits per heavy atom. The van der Waals surface area contributed by atoms with Crippen molar-refractivity contribution >= 4 is 19.0 Å². The average Bonchev–Trinajstić information content (AvgIpc) is 3.44. The maximum absolute atomic E-state index is 15.0. The minimum Gasteiger partial charge on any atom is -0.570 e. The number of aryl methyl sites for hydroxylation is 2. The lowest BCUT2D eigenvalue weighted by Gasteiger charge is -2.26. The second-order valence-corrected chi connectivity index (χ2v) is 10.4. The standard InChI is InChI=1S/C33H27BFN2O/c1-19-25-17-13-21-7-3-5-9-27(21)31(25)36-30(19)29(23-11-15-24(38)16-12-23)32-20(2)26-18-14-22-8-4-6-10-28(22)33(26)37(32)34-35/h3-12,15-16,38H,13-14,17-18H2,1-2H3/q-1/b30-29-. The van der Waals surface area contributed by atoms with E-state index < -0.39 is 0 Å². The summed E-state index contributed by atoms with van der Waals surface area (Å²) in [7, 11) is 0.706. The van der Waals surface area contributed by atoms with Crippen LogP contribution in [0.3, 0.4) is 0 Å². The topological polar surface area (TPSA) is 37.5 Å². The number of hydrogen-bond donors (Lipinski definition) is 1. The highest BCUT2D eigenvalue weighted by Gasteiger charge is 2.32. The molecule has 2 radical (unpaired) electrons. The highest BCUT2D eigenvalue weighted by Crippen LogP contribution is 2.46. The fourth-order valence-corrected chi connectivity index (χ4v) is 6.59. The number of hydrogen-bond acceptors (Lipinski definition) is 2. The molecule has 5 heteroatoms. The van der Waals surface area contributed by atoms with E-state index in [0.717, 1.165) is 76.3 Å². The summed E-state index contributed by atoms with van der Waals surface area (Å²) in [5, 5.41) is 10.1. The minimum absolute atomic E-state index is 0.200. The van der Waals surface area contributed by atoms with Gasteiger partial charge in [-0.3, -0.25) is 0 Å². The lowest BCUT2D eigenvalue weighted by Crippen LogP contribution is -2.13. The Kier molecular flexibility index (Phi) is 5.29. The Labute approximate surface area is 223 Å². The number of fused-ring (bicyclic) bond motifs is 6. The van der Waals surface area contributed by atoms with Crippen LogP contribution in [0.25, 0.3) is 16.8 Å². The van der Waals surface area contributed by atoms with Gasteiger partial charge in [-0.15, -0.1) is 0 Å². The van der Waals surface area contributed by atoms with E-state index in [0.29, 0.717) is 7.69 Å². The molecular weight excluding hydrogens is 470 g/mol. The highest BCUT2D eigenvalue weighted by molar-refractivity contribution is 6.27. The predicted molar refractivity (Wildman–Crippen MR) is 152 cm³/mol. The molecule has 7 rings (SSSR count). The van der Waals surface area contributed by atoms with Crippen molar-refractivity contribution in [3.63, 3.8) is 0 Å². The Bertz CT molecular complexity index is 1720. The van der Waals surface area contributed by atoms with Crippen LogP contribution < -0.4 is 0 Å². The second kappa shape index (κ2) is 8.73. The molecule has 1 N–H and O–H groups in total. The molecule has 3 aliphatic rings. The van der Waals surface area contributed by atoms with Gasteiger partial charge in [-0.05, 0) is 96.2 Å². The van der Waals surface area contributed by atoms with E-state index in [1.807, 2.05) is 18.2 Å². The van der Waals surface area contributed by atoms with Gasteiger partial charge in [0, 0.05) is 30.2 Å². The van der Waals surface area contributed by atoms with Gasteiger partial charge in [0.1, 0.15) is 5.75 Å². The smallest absolute Gasteiger partial charge is 0.115 e. The molecule has 0 saturated heterocycles. The quantitative estimate of drug-likeness (QED) is 0.300. The SMILES string of the molecule is CC1=C2CCc3ccccc3C2=N/C1=C(/c1ccc(O)cc1)c1c(C)c2c(n1[B-]F)-c1ccccc1CC2. The summed E-state index contributed by atoms with van der Waals surface area (Å²) >= 11 is 0. The summed E-state index contributed by atoms with van der Waals surface area (Å²) < 4.78 is 16.8. The lowest BCUT2D eigenvalue weighted by atomic mass is 9.84. The molecule has 38 heavy (non-hydrogen) atoms. The number of phenolic OH excluding ortho intramolecular Hbond substituents is 1. The number of nitrogens with zero attached hydrogens (tertiary/aromatic N) is 2. The molecule has 0 saturated carbocycles. The van der Waals surface area contributed by atoms with Crippen LogP contribution in [-0.2, 0) is 19.3 Å². The van der Waals surface area contributed by atoms with Crippen molar-refractivity contribution in [1.29, 1.82) is 0 Å². The summed E-state index contributed by atoms with van der Waals surface area (Å²) in [5.74, 6) is 0.200. The molecule has 0 bridgehead atoms. The third-order valence-corrected chi connectivity index (χ3v) is 8.45. The lowest BCUT2D eigenvalue weighted by molar-refractivity contribution is 0.475. The zero-order chi connectivity index (χ0) is 26.0. The van der Waals surface area contributed by atoms with Crippen molar-refractivity contribution in [2.75, 3.05) is 0 Å². The molecule has 2 aliphatic carbocycles. The van der Waals surface area contributed by atoms with Gasteiger partial charge >= 0.3 is 0 Å². The van der Waals surface area contributed by atoms with E-state index in [2.05, 4.69) is 56.3 Å². The Morgan fingerprint density at radius 1 is 0.842 bits per heavy atom. The van der Waals surface area contributed by atoms with Crippen molar-refractivity contribution in [2.24, 2.45) is 4.99 Å². The molecule has 0 amide bonds. The molecule has 1 aliphatic heterocycles. The van der Waals surface area contributed by atoms with Gasteiger partial charge in [-0.25, -0.2) is 4.99 Å². The number of rotatable bonds is 3. The third kappa shape index (κ3) is 3.31. The molecule has 3 nitrogen and oxygen atoms in total. The maximum atomic E-state index is 15.0. The van der Waals surface area contributed by atoms with Crippen molar-refractivity contribution in [3.8, 4) is 17.0 Å². The van der Waals surface area contributed by atoms with Crippen molar-refractivity contribution < 1.29 is 9.42 Å². The van der Waals surface area contributed by atoms with Crippen LogP contribution in [0.1, 0.15) is 52.4 Å². The first-order chi connectivity index (χ1) is 18.6. The van der Waals surface area contributed by atoms with E-state index in [4.69, 9.17) is 4.99 Å². The van der Waals surface area contributed by atoms with Gasteiger partial charge in [0.05, 0.1) is 11.4 Å². The number of aromatic nitrogens is 1. The summed E-state index contributed by atoms with van der Waals surface area (Å²) in [4.78, 5) is 5.29. The normalized spacial score (nSPS) is 17.0. The van der Waals surface area contributed by atoms with Crippen molar-refractivity contribution in [1.82, 2.24) is 4.48 Å². The molecular formula is C33H27BFN2O-. The fraction of sp³-hybridized carbons (Fsp3) is 0.182. The van der Waals surface area contributed by atoms with Crippen LogP contribution in [-0.4, -0.2) is 23.0 Å². The molecule has 186 valence electrons. The minimum atomic E-state index is 0.200. The Balaban J connectivity index is 1.56. The predicted octanol–water partition coefficient (Wildman–Crippen LogP) is 7.14. The van der Waals surface area contributed by atoms with Crippen molar-refractivity contribution in [3.05, 3.63) is 129 Å². The van der Waals surface area contributed by atoms with E-state index >= 15 is 4.32 Å². The van der Waals surface area contributed by atoms with E-state index in [-0.39, 0.29) is 5.75 Å². The van der Waals surface area contributed by atoms with Crippen LogP contribution in [0.15, 0.2) is 94.6 Å². The second-order valence-electron chi connectivity index (χ2n) is 10.4.